The zero-order chi connectivity index (χ0) is 24.7. The SMILES string of the molecule is CC(OC(=O)c1c2c(nc3ccccc13)/C(=C/c1ccc3c(c1)OCO3)CC2)C(=O)NC(C)(C)C. The monoisotopic (exact) mass is 472 g/mol. The van der Waals surface area contributed by atoms with Crippen molar-refractivity contribution in [3.8, 4) is 11.5 Å². The van der Waals surface area contributed by atoms with E-state index in [2.05, 4.69) is 11.4 Å². The molecule has 1 aliphatic carbocycles. The quantitative estimate of drug-likeness (QED) is 0.543. The lowest BCUT2D eigenvalue weighted by molar-refractivity contribution is -0.130. The number of nitrogens with zero attached hydrogens (tertiary/aromatic N) is 1. The smallest absolute Gasteiger partial charge is 0.339 e. The number of allylic oxidation sites excluding steroid dienone is 1. The van der Waals surface area contributed by atoms with E-state index in [1.807, 2.05) is 63.2 Å². The Bertz CT molecular complexity index is 1370. The maximum atomic E-state index is 13.4. The van der Waals surface area contributed by atoms with Crippen LogP contribution in [0, 0.1) is 0 Å². The largest absolute Gasteiger partial charge is 0.454 e. The van der Waals surface area contributed by atoms with E-state index in [0.29, 0.717) is 17.5 Å². The lowest BCUT2D eigenvalue weighted by atomic mass is 10.0. The molecule has 0 fully saturated rings. The lowest BCUT2D eigenvalue weighted by Gasteiger charge is -2.23. The summed E-state index contributed by atoms with van der Waals surface area (Å²) in [6.07, 6.45) is 2.56. The van der Waals surface area contributed by atoms with Gasteiger partial charge in [0.2, 0.25) is 6.79 Å². The summed E-state index contributed by atoms with van der Waals surface area (Å²) < 4.78 is 16.6. The third-order valence-electron chi connectivity index (χ3n) is 6.03. The highest BCUT2D eigenvalue weighted by Crippen LogP contribution is 2.39. The molecule has 2 heterocycles. The van der Waals surface area contributed by atoms with Crippen molar-refractivity contribution in [1.29, 1.82) is 0 Å². The van der Waals surface area contributed by atoms with Crippen molar-refractivity contribution in [2.24, 2.45) is 0 Å². The van der Waals surface area contributed by atoms with Crippen LogP contribution >= 0.6 is 0 Å². The van der Waals surface area contributed by atoms with Crippen molar-refractivity contribution in [2.75, 3.05) is 6.79 Å². The van der Waals surface area contributed by atoms with Gasteiger partial charge in [-0.15, -0.1) is 0 Å². The highest BCUT2D eigenvalue weighted by atomic mass is 16.7. The van der Waals surface area contributed by atoms with E-state index >= 15 is 0 Å². The number of benzene rings is 2. The van der Waals surface area contributed by atoms with Crippen molar-refractivity contribution >= 4 is 34.4 Å². The second kappa shape index (κ2) is 8.73. The minimum atomic E-state index is -0.922. The third-order valence-corrected chi connectivity index (χ3v) is 6.03. The second-order valence-corrected chi connectivity index (χ2v) is 9.90. The van der Waals surface area contributed by atoms with E-state index in [4.69, 9.17) is 19.2 Å². The van der Waals surface area contributed by atoms with Gasteiger partial charge in [-0.3, -0.25) is 4.79 Å². The van der Waals surface area contributed by atoms with E-state index < -0.39 is 17.6 Å². The van der Waals surface area contributed by atoms with Crippen LogP contribution in [0.4, 0.5) is 0 Å². The first-order chi connectivity index (χ1) is 16.7. The molecule has 0 radical (unpaired) electrons. The van der Waals surface area contributed by atoms with Gasteiger partial charge in [0.25, 0.3) is 5.91 Å². The van der Waals surface area contributed by atoms with E-state index in [-0.39, 0.29) is 12.7 Å². The standard InChI is InChI=1S/C28H28N2O5/c1-16(26(31)30-28(2,3)4)35-27(32)24-19-7-5-6-8-21(19)29-25-18(10-11-20(24)25)13-17-9-12-22-23(14-17)34-15-33-22/h5-9,12-14,16H,10-11,15H2,1-4H3,(H,30,31)/b18-13+. The molecule has 1 N–H and O–H groups in total. The molecule has 1 aromatic heterocycles. The molecule has 1 atom stereocenters. The molecule has 0 saturated carbocycles. The summed E-state index contributed by atoms with van der Waals surface area (Å²) in [7, 11) is 0. The van der Waals surface area contributed by atoms with E-state index in [9.17, 15) is 9.59 Å². The number of carbonyl (C=O) groups excluding carboxylic acids is 2. The molecule has 35 heavy (non-hydrogen) atoms. The van der Waals surface area contributed by atoms with Crippen LogP contribution in [0.25, 0.3) is 22.6 Å². The Morgan fingerprint density at radius 3 is 2.66 bits per heavy atom. The van der Waals surface area contributed by atoms with Crippen molar-refractivity contribution in [3.05, 3.63) is 64.8 Å². The number of carbonyl (C=O) groups is 2. The molecule has 2 aliphatic rings. The van der Waals surface area contributed by atoms with Gasteiger partial charge in [0, 0.05) is 10.9 Å². The summed E-state index contributed by atoms with van der Waals surface area (Å²) in [4.78, 5) is 30.8. The Balaban J connectivity index is 1.51. The number of fused-ring (bicyclic) bond motifs is 3. The maximum Gasteiger partial charge on any atom is 0.339 e. The van der Waals surface area contributed by atoms with Crippen molar-refractivity contribution in [3.63, 3.8) is 0 Å². The van der Waals surface area contributed by atoms with Crippen molar-refractivity contribution in [1.82, 2.24) is 10.3 Å². The van der Waals surface area contributed by atoms with Gasteiger partial charge in [-0.25, -0.2) is 9.78 Å². The van der Waals surface area contributed by atoms with Crippen LogP contribution in [0.15, 0.2) is 42.5 Å². The summed E-state index contributed by atoms with van der Waals surface area (Å²) in [5.74, 6) is 0.610. The van der Waals surface area contributed by atoms with E-state index in [1.54, 1.807) is 6.92 Å². The first-order valence-corrected chi connectivity index (χ1v) is 11.7. The first-order valence-electron chi connectivity index (χ1n) is 11.7. The molecular weight excluding hydrogens is 444 g/mol. The Morgan fingerprint density at radius 1 is 1.09 bits per heavy atom. The van der Waals surface area contributed by atoms with Gasteiger partial charge >= 0.3 is 5.97 Å². The molecule has 1 unspecified atom stereocenters. The van der Waals surface area contributed by atoms with Crippen LogP contribution in [0.1, 0.15) is 61.3 Å². The minimum Gasteiger partial charge on any atom is -0.454 e. The van der Waals surface area contributed by atoms with Gasteiger partial charge in [0.15, 0.2) is 17.6 Å². The average molecular weight is 473 g/mol. The Kier molecular flexibility index (Phi) is 5.71. The fourth-order valence-electron chi connectivity index (χ4n) is 4.46. The summed E-state index contributed by atoms with van der Waals surface area (Å²) >= 11 is 0. The van der Waals surface area contributed by atoms with E-state index in [1.165, 1.54) is 0 Å². The molecule has 7 nitrogen and oxygen atoms in total. The normalized spacial score (nSPS) is 16.3. The molecule has 3 aromatic rings. The number of para-hydroxylation sites is 1. The number of hydrogen-bond donors (Lipinski definition) is 1. The van der Waals surface area contributed by atoms with Gasteiger partial charge in [0.05, 0.1) is 16.8 Å². The van der Waals surface area contributed by atoms with Gasteiger partial charge in [-0.1, -0.05) is 24.3 Å². The summed E-state index contributed by atoms with van der Waals surface area (Å²) in [6.45, 7) is 7.47. The predicted octanol–water partition coefficient (Wildman–Crippen LogP) is 4.91. The number of ether oxygens (including phenoxy) is 3. The fourth-order valence-corrected chi connectivity index (χ4v) is 4.46. The molecule has 7 heteroatoms. The number of nitrogens with one attached hydrogen (secondary N) is 1. The predicted molar refractivity (Wildman–Crippen MR) is 133 cm³/mol. The van der Waals surface area contributed by atoms with Crippen LogP contribution in [-0.4, -0.2) is 35.3 Å². The summed E-state index contributed by atoms with van der Waals surface area (Å²) in [5.41, 5.74) is 4.43. The molecular formula is C28H28N2O5. The van der Waals surface area contributed by atoms with Crippen molar-refractivity contribution in [2.45, 2.75) is 52.2 Å². The summed E-state index contributed by atoms with van der Waals surface area (Å²) in [6, 6.07) is 13.3. The zero-order valence-electron chi connectivity index (χ0n) is 20.3. The Morgan fingerprint density at radius 2 is 1.86 bits per heavy atom. The zero-order valence-corrected chi connectivity index (χ0v) is 20.3. The number of esters is 1. The second-order valence-electron chi connectivity index (χ2n) is 9.90. The highest BCUT2D eigenvalue weighted by molar-refractivity contribution is 6.07. The Labute approximate surface area is 204 Å². The molecule has 1 aliphatic heterocycles. The maximum absolute atomic E-state index is 13.4. The molecule has 0 bridgehead atoms. The number of rotatable bonds is 4. The van der Waals surface area contributed by atoms with Gasteiger partial charge in [0.1, 0.15) is 0 Å². The number of aromatic nitrogens is 1. The Hall–Kier alpha value is -3.87. The first kappa shape index (κ1) is 22.9. The van der Waals surface area contributed by atoms with Gasteiger partial charge < -0.3 is 19.5 Å². The van der Waals surface area contributed by atoms with Crippen molar-refractivity contribution < 1.29 is 23.8 Å². The highest BCUT2D eigenvalue weighted by Gasteiger charge is 2.30. The molecule has 5 rings (SSSR count). The van der Waals surface area contributed by atoms with Crippen LogP contribution in [-0.2, 0) is 16.0 Å². The molecule has 2 aromatic carbocycles. The lowest BCUT2D eigenvalue weighted by Crippen LogP contribution is -2.46. The van der Waals surface area contributed by atoms with Crippen LogP contribution in [0.2, 0.25) is 0 Å². The van der Waals surface area contributed by atoms with Crippen LogP contribution < -0.4 is 14.8 Å². The van der Waals surface area contributed by atoms with E-state index in [0.717, 1.165) is 45.7 Å². The minimum absolute atomic E-state index is 0.226. The number of amides is 1. The fraction of sp³-hybridized carbons (Fsp3) is 0.321. The molecule has 180 valence electrons. The molecule has 0 spiro atoms. The third kappa shape index (κ3) is 4.58. The summed E-state index contributed by atoms with van der Waals surface area (Å²) in [5, 5.41) is 3.59. The topological polar surface area (TPSA) is 86.8 Å². The molecule has 1 amide bonds. The average Bonchev–Trinajstić information content (AvgIpc) is 3.43. The number of pyridine rings is 1. The molecule has 0 saturated heterocycles. The van der Waals surface area contributed by atoms with Gasteiger partial charge in [-0.2, -0.15) is 0 Å². The van der Waals surface area contributed by atoms with Gasteiger partial charge in [-0.05, 0) is 81.5 Å². The van der Waals surface area contributed by atoms with Crippen LogP contribution in [0.3, 0.4) is 0 Å². The number of hydrogen-bond acceptors (Lipinski definition) is 6. The van der Waals surface area contributed by atoms with Crippen LogP contribution in [0.5, 0.6) is 11.5 Å².